The van der Waals surface area contributed by atoms with Crippen LogP contribution in [-0.4, -0.2) is 20.2 Å². The van der Waals surface area contributed by atoms with E-state index in [1.165, 1.54) is 29.7 Å². The van der Waals surface area contributed by atoms with Gasteiger partial charge >= 0.3 is 0 Å². The average molecular weight is 399 g/mol. The second kappa shape index (κ2) is 6.48. The SMILES string of the molecule is Cc1cc(C)cc(Nc2ncc(Br)c(Nc3cc(C4CC4)[nH]n3)n2)c1. The molecule has 7 heteroatoms. The highest BCUT2D eigenvalue weighted by atomic mass is 79.9. The summed E-state index contributed by atoms with van der Waals surface area (Å²) in [6.07, 6.45) is 4.21. The van der Waals surface area contributed by atoms with Gasteiger partial charge in [-0.05, 0) is 65.9 Å². The van der Waals surface area contributed by atoms with Crippen LogP contribution in [0.15, 0.2) is 34.9 Å². The lowest BCUT2D eigenvalue weighted by Crippen LogP contribution is -2.02. The van der Waals surface area contributed by atoms with Crippen LogP contribution in [-0.2, 0) is 0 Å². The first-order chi connectivity index (χ1) is 12.1. The Morgan fingerprint density at radius 3 is 2.56 bits per heavy atom. The molecule has 0 radical (unpaired) electrons. The third-order valence-electron chi connectivity index (χ3n) is 4.08. The van der Waals surface area contributed by atoms with Crippen LogP contribution >= 0.6 is 15.9 Å². The second-order valence-corrected chi connectivity index (χ2v) is 7.35. The number of H-pyrrole nitrogens is 1. The van der Waals surface area contributed by atoms with Gasteiger partial charge in [-0.1, -0.05) is 6.07 Å². The van der Waals surface area contributed by atoms with Gasteiger partial charge in [0, 0.05) is 29.6 Å². The lowest BCUT2D eigenvalue weighted by atomic mass is 10.1. The third-order valence-corrected chi connectivity index (χ3v) is 4.66. The molecule has 0 spiro atoms. The summed E-state index contributed by atoms with van der Waals surface area (Å²) in [6, 6.07) is 8.32. The molecule has 2 heterocycles. The first kappa shape index (κ1) is 16.1. The van der Waals surface area contributed by atoms with Gasteiger partial charge in [0.25, 0.3) is 0 Å². The number of rotatable bonds is 5. The first-order valence-corrected chi connectivity index (χ1v) is 9.06. The summed E-state index contributed by atoms with van der Waals surface area (Å²) in [5.74, 6) is 2.61. The van der Waals surface area contributed by atoms with Crippen molar-refractivity contribution in [2.24, 2.45) is 0 Å². The van der Waals surface area contributed by atoms with E-state index in [0.29, 0.717) is 17.7 Å². The van der Waals surface area contributed by atoms with Gasteiger partial charge in [0.1, 0.15) is 0 Å². The Bertz CT molecular complexity index is 895. The van der Waals surface area contributed by atoms with Gasteiger partial charge < -0.3 is 10.6 Å². The zero-order valence-electron chi connectivity index (χ0n) is 14.1. The second-order valence-electron chi connectivity index (χ2n) is 6.50. The maximum absolute atomic E-state index is 4.56. The van der Waals surface area contributed by atoms with Gasteiger partial charge in [-0.3, -0.25) is 5.10 Å². The minimum atomic E-state index is 0.536. The van der Waals surface area contributed by atoms with Gasteiger partial charge in [-0.2, -0.15) is 10.1 Å². The normalized spacial score (nSPS) is 13.7. The number of benzene rings is 1. The largest absolute Gasteiger partial charge is 0.324 e. The molecule has 128 valence electrons. The number of hydrogen-bond donors (Lipinski definition) is 3. The van der Waals surface area contributed by atoms with E-state index in [1.54, 1.807) is 6.20 Å². The first-order valence-electron chi connectivity index (χ1n) is 8.27. The molecular weight excluding hydrogens is 380 g/mol. The number of anilines is 4. The summed E-state index contributed by atoms with van der Waals surface area (Å²) < 4.78 is 0.787. The minimum Gasteiger partial charge on any atom is -0.324 e. The standard InChI is InChI=1S/C18H19BrN6/c1-10-5-11(2)7-13(6-10)21-18-20-9-14(19)17(23-18)22-16-8-15(24-25-16)12-3-4-12/h5-9,12H,3-4H2,1-2H3,(H3,20,21,22,23,24,25). The molecule has 1 fully saturated rings. The van der Waals surface area contributed by atoms with Crippen LogP contribution < -0.4 is 10.6 Å². The molecule has 6 nitrogen and oxygen atoms in total. The van der Waals surface area contributed by atoms with Crippen molar-refractivity contribution in [2.75, 3.05) is 10.6 Å². The average Bonchev–Trinajstić information content (AvgIpc) is 3.30. The topological polar surface area (TPSA) is 78.5 Å². The molecule has 0 aliphatic heterocycles. The maximum Gasteiger partial charge on any atom is 0.229 e. The predicted molar refractivity (Wildman–Crippen MR) is 103 cm³/mol. The zero-order valence-corrected chi connectivity index (χ0v) is 15.7. The summed E-state index contributed by atoms with van der Waals surface area (Å²) in [5.41, 5.74) is 4.55. The lowest BCUT2D eigenvalue weighted by molar-refractivity contribution is 0.966. The molecule has 1 aliphatic rings. The van der Waals surface area contributed by atoms with Crippen LogP contribution in [0.4, 0.5) is 23.3 Å². The van der Waals surface area contributed by atoms with Crippen molar-refractivity contribution in [1.82, 2.24) is 20.2 Å². The van der Waals surface area contributed by atoms with Crippen LogP contribution in [0.1, 0.15) is 35.6 Å². The van der Waals surface area contributed by atoms with Crippen LogP contribution in [0.25, 0.3) is 0 Å². The number of aromatic amines is 1. The number of nitrogens with zero attached hydrogens (tertiary/aromatic N) is 3. The molecule has 1 saturated carbocycles. The molecular formula is C18H19BrN6. The number of aryl methyl sites for hydroxylation is 2. The quantitative estimate of drug-likeness (QED) is 0.566. The fourth-order valence-electron chi connectivity index (χ4n) is 2.82. The summed E-state index contributed by atoms with van der Waals surface area (Å²) in [4.78, 5) is 8.90. The minimum absolute atomic E-state index is 0.536. The van der Waals surface area contributed by atoms with Crippen LogP contribution in [0.5, 0.6) is 0 Å². The van der Waals surface area contributed by atoms with Gasteiger partial charge in [0.05, 0.1) is 4.47 Å². The molecule has 3 N–H and O–H groups in total. The molecule has 25 heavy (non-hydrogen) atoms. The molecule has 3 aromatic rings. The van der Waals surface area contributed by atoms with Crippen molar-refractivity contribution >= 4 is 39.2 Å². The Labute approximate surface area is 154 Å². The van der Waals surface area contributed by atoms with Crippen molar-refractivity contribution in [3.63, 3.8) is 0 Å². The van der Waals surface area contributed by atoms with Crippen molar-refractivity contribution in [3.05, 3.63) is 51.8 Å². The van der Waals surface area contributed by atoms with Gasteiger partial charge in [0.15, 0.2) is 11.6 Å². The van der Waals surface area contributed by atoms with E-state index in [0.717, 1.165) is 16.0 Å². The Kier molecular flexibility index (Phi) is 4.17. The smallest absolute Gasteiger partial charge is 0.229 e. The molecule has 2 aromatic heterocycles. The zero-order chi connectivity index (χ0) is 17.4. The molecule has 0 atom stereocenters. The van der Waals surface area contributed by atoms with E-state index in [4.69, 9.17) is 0 Å². The summed E-state index contributed by atoms with van der Waals surface area (Å²) in [7, 11) is 0. The van der Waals surface area contributed by atoms with E-state index >= 15 is 0 Å². The van der Waals surface area contributed by atoms with Crippen molar-refractivity contribution < 1.29 is 0 Å². The Balaban J connectivity index is 1.54. The van der Waals surface area contributed by atoms with E-state index in [-0.39, 0.29) is 0 Å². The Hall–Kier alpha value is -2.41. The summed E-state index contributed by atoms with van der Waals surface area (Å²) >= 11 is 3.49. The molecule has 0 unspecified atom stereocenters. The fraction of sp³-hybridized carbons (Fsp3) is 0.278. The number of aromatic nitrogens is 4. The summed E-state index contributed by atoms with van der Waals surface area (Å²) in [5, 5.41) is 13.9. The molecule has 0 bridgehead atoms. The molecule has 1 aromatic carbocycles. The van der Waals surface area contributed by atoms with Crippen LogP contribution in [0, 0.1) is 13.8 Å². The molecule has 0 amide bonds. The Morgan fingerprint density at radius 1 is 1.08 bits per heavy atom. The predicted octanol–water partition coefficient (Wildman–Crippen LogP) is 4.94. The number of nitrogens with one attached hydrogen (secondary N) is 3. The van der Waals surface area contributed by atoms with Crippen LogP contribution in [0.2, 0.25) is 0 Å². The highest BCUT2D eigenvalue weighted by Gasteiger charge is 2.25. The highest BCUT2D eigenvalue weighted by Crippen LogP contribution is 2.39. The molecule has 1 aliphatic carbocycles. The van der Waals surface area contributed by atoms with E-state index in [9.17, 15) is 0 Å². The van der Waals surface area contributed by atoms with Crippen LogP contribution in [0.3, 0.4) is 0 Å². The number of halogens is 1. The molecule has 4 rings (SSSR count). The van der Waals surface area contributed by atoms with Gasteiger partial charge in [0.2, 0.25) is 5.95 Å². The monoisotopic (exact) mass is 398 g/mol. The number of hydrogen-bond acceptors (Lipinski definition) is 5. The van der Waals surface area contributed by atoms with Crippen molar-refractivity contribution in [2.45, 2.75) is 32.6 Å². The third kappa shape index (κ3) is 3.82. The fourth-order valence-corrected chi connectivity index (χ4v) is 3.11. The van der Waals surface area contributed by atoms with Crippen molar-refractivity contribution in [3.8, 4) is 0 Å². The van der Waals surface area contributed by atoms with E-state index < -0.39 is 0 Å². The molecule has 0 saturated heterocycles. The highest BCUT2D eigenvalue weighted by molar-refractivity contribution is 9.10. The van der Waals surface area contributed by atoms with E-state index in [1.807, 2.05) is 6.07 Å². The van der Waals surface area contributed by atoms with Crippen molar-refractivity contribution in [1.29, 1.82) is 0 Å². The maximum atomic E-state index is 4.56. The van der Waals surface area contributed by atoms with Gasteiger partial charge in [-0.25, -0.2) is 4.98 Å². The van der Waals surface area contributed by atoms with E-state index in [2.05, 4.69) is 78.8 Å². The Morgan fingerprint density at radius 2 is 1.84 bits per heavy atom. The lowest BCUT2D eigenvalue weighted by Gasteiger charge is -2.10. The summed E-state index contributed by atoms with van der Waals surface area (Å²) in [6.45, 7) is 4.14. The van der Waals surface area contributed by atoms with Gasteiger partial charge in [-0.15, -0.1) is 0 Å².